The third-order valence-corrected chi connectivity index (χ3v) is 3.98. The summed E-state index contributed by atoms with van der Waals surface area (Å²) < 4.78 is 10.3. The molecule has 0 unspecified atom stereocenters. The Bertz CT molecular complexity index is 485. The number of ether oxygens (including phenoxy) is 1. The van der Waals surface area contributed by atoms with Crippen molar-refractivity contribution >= 4 is 23.6 Å². The summed E-state index contributed by atoms with van der Waals surface area (Å²) in [5.74, 6) is 1.27. The average Bonchev–Trinajstić information content (AvgIpc) is 2.95. The molecule has 1 fully saturated rings. The molecule has 0 N–H and O–H groups in total. The first-order valence-corrected chi connectivity index (χ1v) is 8.00. The summed E-state index contributed by atoms with van der Waals surface area (Å²) in [6.45, 7) is 1.06. The lowest BCUT2D eigenvalue weighted by Crippen LogP contribution is -2.42. The molecule has 1 aliphatic heterocycles. The summed E-state index contributed by atoms with van der Waals surface area (Å²) in [6.07, 6.45) is 3.56. The Labute approximate surface area is 122 Å². The second-order valence-corrected chi connectivity index (χ2v) is 5.68. The van der Waals surface area contributed by atoms with Crippen molar-refractivity contribution in [3.05, 3.63) is 23.7 Å². The molecule has 6 heteroatoms. The number of esters is 1. The molecule has 1 atom stereocenters. The molecule has 1 aliphatic rings. The zero-order valence-corrected chi connectivity index (χ0v) is 12.6. The maximum atomic E-state index is 12.3. The Hall–Kier alpha value is -1.43. The van der Waals surface area contributed by atoms with Crippen molar-refractivity contribution in [2.75, 3.05) is 26.5 Å². The minimum atomic E-state index is -0.245. The number of furan rings is 1. The molecule has 1 saturated heterocycles. The van der Waals surface area contributed by atoms with Crippen LogP contribution in [0.1, 0.15) is 29.2 Å². The molecule has 5 nitrogen and oxygen atoms in total. The van der Waals surface area contributed by atoms with Crippen LogP contribution >= 0.6 is 11.8 Å². The second-order valence-electron chi connectivity index (χ2n) is 4.81. The molecule has 0 aromatic carbocycles. The largest absolute Gasteiger partial charge is 0.469 e. The molecular formula is C14H19NO4S. The van der Waals surface area contributed by atoms with Crippen molar-refractivity contribution in [2.24, 2.45) is 5.92 Å². The van der Waals surface area contributed by atoms with Crippen molar-refractivity contribution in [2.45, 2.75) is 18.6 Å². The first kappa shape index (κ1) is 15.0. The summed E-state index contributed by atoms with van der Waals surface area (Å²) in [4.78, 5) is 25.6. The highest BCUT2D eigenvalue weighted by atomic mass is 32.2. The Morgan fingerprint density at radius 1 is 1.50 bits per heavy atom. The lowest BCUT2D eigenvalue weighted by atomic mass is 9.98. The molecule has 0 bridgehead atoms. The third-order valence-electron chi connectivity index (χ3n) is 3.40. The average molecular weight is 297 g/mol. The number of hydrogen-bond acceptors (Lipinski definition) is 5. The van der Waals surface area contributed by atoms with Crippen LogP contribution in [-0.2, 0) is 15.3 Å². The first-order chi connectivity index (χ1) is 9.65. The van der Waals surface area contributed by atoms with Gasteiger partial charge in [-0.25, -0.2) is 0 Å². The Balaban J connectivity index is 2.02. The van der Waals surface area contributed by atoms with E-state index in [9.17, 15) is 9.59 Å². The monoisotopic (exact) mass is 297 g/mol. The molecule has 2 heterocycles. The number of rotatable bonds is 4. The summed E-state index contributed by atoms with van der Waals surface area (Å²) in [7, 11) is 1.38. The van der Waals surface area contributed by atoms with Crippen LogP contribution in [0.5, 0.6) is 0 Å². The van der Waals surface area contributed by atoms with Crippen LogP contribution in [0.25, 0.3) is 0 Å². The van der Waals surface area contributed by atoms with Crippen molar-refractivity contribution in [3.8, 4) is 0 Å². The number of hydrogen-bond donors (Lipinski definition) is 0. The van der Waals surface area contributed by atoms with Crippen LogP contribution in [0.3, 0.4) is 0 Å². The van der Waals surface area contributed by atoms with Gasteiger partial charge in [-0.05, 0) is 31.2 Å². The molecule has 0 saturated carbocycles. The van der Waals surface area contributed by atoms with E-state index in [1.165, 1.54) is 7.11 Å². The van der Waals surface area contributed by atoms with E-state index >= 15 is 0 Å². The lowest BCUT2D eigenvalue weighted by Gasteiger charge is -2.30. The van der Waals surface area contributed by atoms with Crippen LogP contribution in [0.15, 0.2) is 16.5 Å². The number of amides is 1. The molecule has 1 aromatic rings. The molecule has 20 heavy (non-hydrogen) atoms. The third kappa shape index (κ3) is 3.36. The predicted octanol–water partition coefficient (Wildman–Crippen LogP) is 2.17. The SMILES string of the molecule is COC(=O)[C@H]1CCCN(C(=O)c2ccc(CSC)o2)C1. The molecule has 110 valence electrons. The van der Waals surface area contributed by atoms with Crippen molar-refractivity contribution < 1.29 is 18.7 Å². The Kier molecular flexibility index (Phi) is 5.11. The van der Waals surface area contributed by atoms with Crippen molar-refractivity contribution in [1.29, 1.82) is 0 Å². The summed E-state index contributed by atoms with van der Waals surface area (Å²) in [5, 5.41) is 0. The van der Waals surface area contributed by atoms with Gasteiger partial charge in [0.15, 0.2) is 5.76 Å². The highest BCUT2D eigenvalue weighted by Gasteiger charge is 2.30. The normalized spacial score (nSPS) is 18.9. The van der Waals surface area contributed by atoms with E-state index in [2.05, 4.69) is 0 Å². The topological polar surface area (TPSA) is 59.8 Å². The van der Waals surface area contributed by atoms with E-state index in [0.717, 1.165) is 24.4 Å². The van der Waals surface area contributed by atoms with Gasteiger partial charge in [0.25, 0.3) is 5.91 Å². The number of piperidine rings is 1. The van der Waals surface area contributed by atoms with E-state index in [1.54, 1.807) is 22.7 Å². The van der Waals surface area contributed by atoms with E-state index in [1.807, 2.05) is 12.3 Å². The zero-order valence-electron chi connectivity index (χ0n) is 11.8. The first-order valence-electron chi connectivity index (χ1n) is 6.60. The number of methoxy groups -OCH3 is 1. The maximum Gasteiger partial charge on any atom is 0.310 e. The summed E-state index contributed by atoms with van der Waals surface area (Å²) >= 11 is 1.64. The smallest absolute Gasteiger partial charge is 0.310 e. The fourth-order valence-corrected chi connectivity index (χ4v) is 2.83. The van der Waals surface area contributed by atoms with E-state index < -0.39 is 0 Å². The van der Waals surface area contributed by atoms with Crippen LogP contribution in [0.2, 0.25) is 0 Å². The predicted molar refractivity (Wildman–Crippen MR) is 76.6 cm³/mol. The van der Waals surface area contributed by atoms with Gasteiger partial charge in [-0.15, -0.1) is 0 Å². The number of carbonyl (C=O) groups excluding carboxylic acids is 2. The number of thioether (sulfide) groups is 1. The van der Waals surface area contributed by atoms with Gasteiger partial charge in [0, 0.05) is 13.1 Å². The van der Waals surface area contributed by atoms with Gasteiger partial charge >= 0.3 is 5.97 Å². The fourth-order valence-electron chi connectivity index (χ4n) is 2.39. The van der Waals surface area contributed by atoms with Crippen LogP contribution in [0.4, 0.5) is 0 Å². The second kappa shape index (κ2) is 6.83. The molecule has 0 aliphatic carbocycles. The van der Waals surface area contributed by atoms with E-state index in [-0.39, 0.29) is 17.8 Å². The standard InChI is InChI=1S/C14H19NO4S/c1-18-14(17)10-4-3-7-15(8-10)13(16)12-6-5-11(19-12)9-20-2/h5-6,10H,3-4,7-9H2,1-2H3/t10-/m0/s1. The van der Waals surface area contributed by atoms with Gasteiger partial charge in [-0.1, -0.05) is 0 Å². The van der Waals surface area contributed by atoms with Crippen LogP contribution in [-0.4, -0.2) is 43.2 Å². The van der Waals surface area contributed by atoms with Gasteiger partial charge in [0.2, 0.25) is 0 Å². The van der Waals surface area contributed by atoms with Gasteiger partial charge < -0.3 is 14.1 Å². The molecule has 0 radical (unpaired) electrons. The fraction of sp³-hybridized carbons (Fsp3) is 0.571. The van der Waals surface area contributed by atoms with Gasteiger partial charge in [0.05, 0.1) is 18.8 Å². The zero-order chi connectivity index (χ0) is 14.5. The van der Waals surface area contributed by atoms with E-state index in [0.29, 0.717) is 18.8 Å². The minimum Gasteiger partial charge on any atom is -0.469 e. The Morgan fingerprint density at radius 2 is 2.30 bits per heavy atom. The molecule has 1 aromatic heterocycles. The van der Waals surface area contributed by atoms with E-state index in [4.69, 9.17) is 9.15 Å². The quantitative estimate of drug-likeness (QED) is 0.797. The van der Waals surface area contributed by atoms with Gasteiger partial charge in [-0.3, -0.25) is 9.59 Å². The molecule has 0 spiro atoms. The van der Waals surface area contributed by atoms with Crippen molar-refractivity contribution in [1.82, 2.24) is 4.90 Å². The van der Waals surface area contributed by atoms with Crippen LogP contribution < -0.4 is 0 Å². The minimum absolute atomic E-state index is 0.147. The summed E-state index contributed by atoms with van der Waals surface area (Å²) in [5.41, 5.74) is 0. The lowest BCUT2D eigenvalue weighted by molar-refractivity contribution is -0.146. The molecule has 2 rings (SSSR count). The maximum absolute atomic E-state index is 12.3. The highest BCUT2D eigenvalue weighted by Crippen LogP contribution is 2.21. The van der Waals surface area contributed by atoms with Gasteiger partial charge in [-0.2, -0.15) is 11.8 Å². The van der Waals surface area contributed by atoms with Crippen molar-refractivity contribution in [3.63, 3.8) is 0 Å². The highest BCUT2D eigenvalue weighted by molar-refractivity contribution is 7.97. The summed E-state index contributed by atoms with van der Waals surface area (Å²) in [6, 6.07) is 3.53. The number of carbonyl (C=O) groups is 2. The number of nitrogens with zero attached hydrogens (tertiary/aromatic N) is 1. The number of likely N-dealkylation sites (tertiary alicyclic amines) is 1. The van der Waals surface area contributed by atoms with Crippen LogP contribution in [0, 0.1) is 5.92 Å². The Morgan fingerprint density at radius 3 is 3.00 bits per heavy atom. The van der Waals surface area contributed by atoms with Gasteiger partial charge in [0.1, 0.15) is 5.76 Å². The molecular weight excluding hydrogens is 278 g/mol. The molecule has 1 amide bonds.